The van der Waals surface area contributed by atoms with Crippen LogP contribution in [0.5, 0.6) is 0 Å². The molecule has 5 nitrogen and oxygen atoms in total. The SMILES string of the molecule is C[C@@H]1[C@@H](O)CC[C@@]2(C)[C@H]1CC(=O)[C@@]1(C=O)[C@H](CCO[Si](C)(C)C(C)(C)C)CC(=O)C[C@@H]21. The van der Waals surface area contributed by atoms with Crippen molar-refractivity contribution in [3.05, 3.63) is 0 Å². The average Bonchev–Trinajstić information content (AvgIpc) is 2.66. The summed E-state index contributed by atoms with van der Waals surface area (Å²) in [7, 11) is -1.95. The Balaban J connectivity index is 1.90. The van der Waals surface area contributed by atoms with E-state index in [4.69, 9.17) is 4.43 Å². The molecule has 0 radical (unpaired) electrons. The number of fused-ring (bicyclic) bond motifs is 3. The van der Waals surface area contributed by atoms with Crippen LogP contribution in [0.2, 0.25) is 18.1 Å². The van der Waals surface area contributed by atoms with E-state index in [0.717, 1.165) is 12.7 Å². The summed E-state index contributed by atoms with van der Waals surface area (Å²) in [6.07, 6.45) is 3.41. The van der Waals surface area contributed by atoms with Crippen molar-refractivity contribution in [3.63, 3.8) is 0 Å². The maximum absolute atomic E-state index is 13.6. The van der Waals surface area contributed by atoms with Gasteiger partial charge in [0.2, 0.25) is 0 Å². The van der Waals surface area contributed by atoms with E-state index in [-0.39, 0.29) is 45.7 Å². The minimum absolute atomic E-state index is 0.00440. The van der Waals surface area contributed by atoms with E-state index >= 15 is 0 Å². The molecule has 0 spiro atoms. The highest BCUT2D eigenvalue weighted by molar-refractivity contribution is 6.74. The highest BCUT2D eigenvalue weighted by atomic mass is 28.4. The number of Topliss-reactive ketones (excluding diaryl/α,β-unsaturated/α-hetero) is 2. The van der Waals surface area contributed by atoms with E-state index in [9.17, 15) is 19.5 Å². The van der Waals surface area contributed by atoms with Crippen LogP contribution in [0.25, 0.3) is 0 Å². The quantitative estimate of drug-likeness (QED) is 0.377. The van der Waals surface area contributed by atoms with Gasteiger partial charge in [-0.15, -0.1) is 0 Å². The number of hydrogen-bond donors (Lipinski definition) is 1. The fourth-order valence-electron chi connectivity index (χ4n) is 6.67. The van der Waals surface area contributed by atoms with Gasteiger partial charge in [0.1, 0.15) is 17.9 Å². The zero-order valence-electron chi connectivity index (χ0n) is 20.5. The van der Waals surface area contributed by atoms with Gasteiger partial charge >= 0.3 is 0 Å². The Morgan fingerprint density at radius 3 is 2.42 bits per heavy atom. The standard InChI is InChI=1S/C25H42O5Si/c1-16-19-14-22(29)25(15-26)17(9-11-30-31(6,7)23(2,3)4)12-18(27)13-21(25)24(19,5)10-8-20(16)28/h15-17,19-21,28H,8-14H2,1-7H3/t16-,17+,19-,20-,21-,24-,25-/m0/s1. The Hall–Kier alpha value is -0.853. The molecule has 176 valence electrons. The molecule has 3 rings (SSSR count). The minimum atomic E-state index is -1.95. The van der Waals surface area contributed by atoms with Crippen LogP contribution in [0.4, 0.5) is 0 Å². The van der Waals surface area contributed by atoms with Crippen molar-refractivity contribution in [1.82, 2.24) is 0 Å². The molecule has 31 heavy (non-hydrogen) atoms. The molecule has 0 amide bonds. The molecule has 3 saturated carbocycles. The van der Waals surface area contributed by atoms with Gasteiger partial charge in [0.05, 0.1) is 11.5 Å². The predicted molar refractivity (Wildman–Crippen MR) is 123 cm³/mol. The molecule has 0 aromatic rings. The number of carbonyl (C=O) groups excluding carboxylic acids is 3. The smallest absolute Gasteiger partial charge is 0.191 e. The van der Waals surface area contributed by atoms with Crippen LogP contribution in [0, 0.1) is 34.5 Å². The van der Waals surface area contributed by atoms with Gasteiger partial charge in [-0.1, -0.05) is 34.6 Å². The normalized spacial score (nSPS) is 41.5. The van der Waals surface area contributed by atoms with Crippen LogP contribution in [0.15, 0.2) is 0 Å². The Morgan fingerprint density at radius 1 is 1.19 bits per heavy atom. The first-order valence-electron chi connectivity index (χ1n) is 12.0. The number of rotatable bonds is 5. The van der Waals surface area contributed by atoms with Gasteiger partial charge in [0.15, 0.2) is 8.32 Å². The first-order valence-corrected chi connectivity index (χ1v) is 14.9. The highest BCUT2D eigenvalue weighted by Crippen LogP contribution is 2.64. The summed E-state index contributed by atoms with van der Waals surface area (Å²) >= 11 is 0. The Labute approximate surface area is 188 Å². The van der Waals surface area contributed by atoms with Gasteiger partial charge in [-0.2, -0.15) is 0 Å². The molecule has 1 N–H and O–H groups in total. The van der Waals surface area contributed by atoms with Gasteiger partial charge in [0.25, 0.3) is 0 Å². The summed E-state index contributed by atoms with van der Waals surface area (Å²) in [5.41, 5.74) is -1.36. The maximum atomic E-state index is 13.6. The molecule has 3 aliphatic rings. The molecule has 3 aliphatic carbocycles. The summed E-state index contributed by atoms with van der Waals surface area (Å²) in [5, 5.41) is 10.5. The molecular formula is C25H42O5Si. The maximum Gasteiger partial charge on any atom is 0.191 e. The van der Waals surface area contributed by atoms with Crippen molar-refractivity contribution in [3.8, 4) is 0 Å². The number of carbonyl (C=O) groups is 3. The summed E-state index contributed by atoms with van der Waals surface area (Å²) < 4.78 is 6.37. The van der Waals surface area contributed by atoms with Crippen molar-refractivity contribution < 1.29 is 23.9 Å². The third-order valence-corrected chi connectivity index (χ3v) is 14.4. The number of ketones is 2. The van der Waals surface area contributed by atoms with Crippen molar-refractivity contribution in [1.29, 1.82) is 0 Å². The Kier molecular flexibility index (Phi) is 6.54. The third-order valence-electron chi connectivity index (χ3n) is 9.84. The van der Waals surface area contributed by atoms with Crippen molar-refractivity contribution in [2.45, 2.75) is 97.4 Å². The Bertz CT molecular complexity index is 741. The van der Waals surface area contributed by atoms with E-state index < -0.39 is 19.8 Å². The fourth-order valence-corrected chi connectivity index (χ4v) is 7.73. The topological polar surface area (TPSA) is 80.7 Å². The fraction of sp³-hybridized carbons (Fsp3) is 0.880. The molecular weight excluding hydrogens is 408 g/mol. The van der Waals surface area contributed by atoms with E-state index in [1.165, 1.54) is 0 Å². The number of aliphatic hydroxyl groups is 1. The third kappa shape index (κ3) is 3.91. The molecule has 0 saturated heterocycles. The van der Waals surface area contributed by atoms with Crippen LogP contribution in [0.3, 0.4) is 0 Å². The first kappa shape index (κ1) is 24.8. The molecule has 0 heterocycles. The largest absolute Gasteiger partial charge is 0.417 e. The minimum Gasteiger partial charge on any atom is -0.417 e. The molecule has 7 atom stereocenters. The summed E-state index contributed by atoms with van der Waals surface area (Å²) in [6, 6.07) is 0. The molecule has 0 aromatic heterocycles. The second kappa shape index (κ2) is 8.18. The zero-order valence-corrected chi connectivity index (χ0v) is 21.5. The van der Waals surface area contributed by atoms with Crippen LogP contribution >= 0.6 is 0 Å². The number of hydrogen-bond acceptors (Lipinski definition) is 5. The monoisotopic (exact) mass is 450 g/mol. The van der Waals surface area contributed by atoms with Gasteiger partial charge < -0.3 is 14.3 Å². The average molecular weight is 451 g/mol. The van der Waals surface area contributed by atoms with Gasteiger partial charge in [-0.25, -0.2) is 0 Å². The molecule has 0 aromatic carbocycles. The van der Waals surface area contributed by atoms with Crippen LogP contribution < -0.4 is 0 Å². The molecule has 3 fully saturated rings. The van der Waals surface area contributed by atoms with E-state index in [1.807, 2.05) is 6.92 Å². The van der Waals surface area contributed by atoms with Crippen LogP contribution in [-0.2, 0) is 18.8 Å². The molecule has 6 heteroatoms. The second-order valence-electron chi connectivity index (χ2n) is 12.3. The zero-order chi connectivity index (χ0) is 23.4. The van der Waals surface area contributed by atoms with Gasteiger partial charge in [-0.05, 0) is 66.5 Å². The van der Waals surface area contributed by atoms with Crippen molar-refractivity contribution in [2.75, 3.05) is 6.61 Å². The van der Waals surface area contributed by atoms with Gasteiger partial charge in [0, 0.05) is 25.9 Å². The lowest BCUT2D eigenvalue weighted by molar-refractivity contribution is -0.182. The lowest BCUT2D eigenvalue weighted by Crippen LogP contribution is -2.64. The van der Waals surface area contributed by atoms with Gasteiger partial charge in [-0.3, -0.25) is 9.59 Å². The number of aldehydes is 1. The molecule has 0 bridgehead atoms. The lowest BCUT2D eigenvalue weighted by atomic mass is 9.40. The Morgan fingerprint density at radius 2 is 1.84 bits per heavy atom. The van der Waals surface area contributed by atoms with E-state index in [2.05, 4.69) is 40.8 Å². The predicted octanol–water partition coefficient (Wildman–Crippen LogP) is 4.57. The van der Waals surface area contributed by atoms with E-state index in [0.29, 0.717) is 38.7 Å². The lowest BCUT2D eigenvalue weighted by Gasteiger charge is -2.62. The summed E-state index contributed by atoms with van der Waals surface area (Å²) in [5.74, 6) is -0.373. The molecule has 0 aliphatic heterocycles. The first-order chi connectivity index (χ1) is 14.2. The molecule has 0 unspecified atom stereocenters. The summed E-state index contributed by atoms with van der Waals surface area (Å²) in [4.78, 5) is 39.2. The van der Waals surface area contributed by atoms with Crippen LogP contribution in [0.1, 0.15) is 73.1 Å². The summed E-state index contributed by atoms with van der Waals surface area (Å²) in [6.45, 7) is 15.6. The van der Waals surface area contributed by atoms with E-state index in [1.54, 1.807) is 0 Å². The van der Waals surface area contributed by atoms with Crippen molar-refractivity contribution in [2.24, 2.45) is 34.5 Å². The van der Waals surface area contributed by atoms with Crippen molar-refractivity contribution >= 4 is 26.2 Å². The van der Waals surface area contributed by atoms with Crippen LogP contribution in [-0.4, -0.2) is 44.0 Å². The highest BCUT2D eigenvalue weighted by Gasteiger charge is 2.66. The second-order valence-corrected chi connectivity index (χ2v) is 17.2. The number of aliphatic hydroxyl groups excluding tert-OH is 1.